The number of carboxylic acid groups (broad SMARTS) is 1. The lowest BCUT2D eigenvalue weighted by molar-refractivity contribution is -0.138. The first-order valence-electron chi connectivity index (χ1n) is 6.90. The minimum atomic E-state index is -0.955. The summed E-state index contributed by atoms with van der Waals surface area (Å²) in [6.07, 6.45) is 1.60. The SMILES string of the molecule is C=CCN(CC(=O)O)CC(=O)N(CC)c1ccccc1C. The maximum Gasteiger partial charge on any atom is 0.317 e. The Labute approximate surface area is 125 Å². The topological polar surface area (TPSA) is 60.9 Å². The highest BCUT2D eigenvalue weighted by molar-refractivity contribution is 5.95. The Hall–Kier alpha value is -2.14. The van der Waals surface area contributed by atoms with Crippen LogP contribution in [0, 0.1) is 6.92 Å². The fourth-order valence-electron chi connectivity index (χ4n) is 2.18. The van der Waals surface area contributed by atoms with E-state index < -0.39 is 5.97 Å². The first kappa shape index (κ1) is 16.9. The van der Waals surface area contributed by atoms with Gasteiger partial charge in [-0.25, -0.2) is 0 Å². The van der Waals surface area contributed by atoms with E-state index in [1.165, 1.54) is 0 Å². The molecule has 0 saturated heterocycles. The summed E-state index contributed by atoms with van der Waals surface area (Å²) in [5.74, 6) is -1.07. The first-order valence-corrected chi connectivity index (χ1v) is 6.90. The van der Waals surface area contributed by atoms with Crippen LogP contribution in [0.1, 0.15) is 12.5 Å². The molecule has 0 aliphatic rings. The highest BCUT2D eigenvalue weighted by atomic mass is 16.4. The molecule has 0 saturated carbocycles. The highest BCUT2D eigenvalue weighted by Crippen LogP contribution is 2.19. The number of carboxylic acids is 1. The van der Waals surface area contributed by atoms with Crippen molar-refractivity contribution < 1.29 is 14.7 Å². The van der Waals surface area contributed by atoms with Gasteiger partial charge in [0.15, 0.2) is 0 Å². The third-order valence-electron chi connectivity index (χ3n) is 3.13. The lowest BCUT2D eigenvalue weighted by Crippen LogP contribution is -2.42. The van der Waals surface area contributed by atoms with E-state index in [9.17, 15) is 9.59 Å². The summed E-state index contributed by atoms with van der Waals surface area (Å²) >= 11 is 0. The molecule has 114 valence electrons. The molecule has 0 fully saturated rings. The summed E-state index contributed by atoms with van der Waals surface area (Å²) in [5, 5.41) is 8.88. The average molecular weight is 290 g/mol. The van der Waals surface area contributed by atoms with Crippen LogP contribution in [-0.4, -0.2) is 48.1 Å². The van der Waals surface area contributed by atoms with Crippen LogP contribution in [0.5, 0.6) is 0 Å². The van der Waals surface area contributed by atoms with Gasteiger partial charge >= 0.3 is 5.97 Å². The number of amides is 1. The van der Waals surface area contributed by atoms with Crippen LogP contribution in [0.2, 0.25) is 0 Å². The van der Waals surface area contributed by atoms with Crippen molar-refractivity contribution in [2.45, 2.75) is 13.8 Å². The third kappa shape index (κ3) is 5.04. The van der Waals surface area contributed by atoms with Crippen LogP contribution in [-0.2, 0) is 9.59 Å². The van der Waals surface area contributed by atoms with E-state index in [1.807, 2.05) is 38.1 Å². The molecular weight excluding hydrogens is 268 g/mol. The van der Waals surface area contributed by atoms with Crippen LogP contribution >= 0.6 is 0 Å². The minimum absolute atomic E-state index is 0.0560. The number of likely N-dealkylation sites (N-methyl/N-ethyl adjacent to an activating group) is 1. The van der Waals surface area contributed by atoms with Crippen LogP contribution in [0.4, 0.5) is 5.69 Å². The van der Waals surface area contributed by atoms with Crippen molar-refractivity contribution in [1.29, 1.82) is 0 Å². The quantitative estimate of drug-likeness (QED) is 0.743. The number of benzene rings is 1. The predicted molar refractivity (Wildman–Crippen MR) is 83.5 cm³/mol. The van der Waals surface area contributed by atoms with Crippen molar-refractivity contribution in [2.75, 3.05) is 31.1 Å². The number of anilines is 1. The molecule has 5 nitrogen and oxygen atoms in total. The first-order chi connectivity index (χ1) is 9.99. The molecule has 0 aliphatic carbocycles. The number of para-hydroxylation sites is 1. The molecule has 0 bridgehead atoms. The molecule has 1 aromatic carbocycles. The minimum Gasteiger partial charge on any atom is -0.480 e. The lowest BCUT2D eigenvalue weighted by Gasteiger charge is -2.26. The molecule has 0 radical (unpaired) electrons. The van der Waals surface area contributed by atoms with Crippen molar-refractivity contribution >= 4 is 17.6 Å². The Morgan fingerprint density at radius 1 is 1.29 bits per heavy atom. The van der Waals surface area contributed by atoms with Gasteiger partial charge in [0, 0.05) is 18.8 Å². The van der Waals surface area contributed by atoms with E-state index in [2.05, 4.69) is 6.58 Å². The summed E-state index contributed by atoms with van der Waals surface area (Å²) in [6.45, 7) is 8.23. The zero-order chi connectivity index (χ0) is 15.8. The summed E-state index contributed by atoms with van der Waals surface area (Å²) in [7, 11) is 0. The molecule has 21 heavy (non-hydrogen) atoms. The number of carbonyl (C=O) groups is 2. The number of aryl methyl sites for hydroxylation is 1. The second kappa shape index (κ2) is 8.21. The predicted octanol–water partition coefficient (Wildman–Crippen LogP) is 1.92. The molecule has 0 heterocycles. The molecule has 0 spiro atoms. The van der Waals surface area contributed by atoms with Crippen LogP contribution in [0.25, 0.3) is 0 Å². The van der Waals surface area contributed by atoms with Gasteiger partial charge in [0.25, 0.3) is 0 Å². The zero-order valence-electron chi connectivity index (χ0n) is 12.6. The average Bonchev–Trinajstić information content (AvgIpc) is 2.41. The van der Waals surface area contributed by atoms with Gasteiger partial charge in [-0.3, -0.25) is 14.5 Å². The van der Waals surface area contributed by atoms with E-state index in [1.54, 1.807) is 15.9 Å². The van der Waals surface area contributed by atoms with Gasteiger partial charge < -0.3 is 10.0 Å². The fourth-order valence-corrected chi connectivity index (χ4v) is 2.18. The number of hydrogen-bond donors (Lipinski definition) is 1. The maximum absolute atomic E-state index is 12.5. The molecule has 0 aromatic heterocycles. The van der Waals surface area contributed by atoms with Crippen molar-refractivity contribution in [3.05, 3.63) is 42.5 Å². The van der Waals surface area contributed by atoms with E-state index in [0.29, 0.717) is 13.1 Å². The molecule has 0 atom stereocenters. The molecule has 5 heteroatoms. The number of rotatable bonds is 8. The Kier molecular flexibility index (Phi) is 6.62. The highest BCUT2D eigenvalue weighted by Gasteiger charge is 2.19. The number of carbonyl (C=O) groups excluding carboxylic acids is 1. The molecule has 0 unspecified atom stereocenters. The Bertz CT molecular complexity index is 514. The van der Waals surface area contributed by atoms with E-state index >= 15 is 0 Å². The number of aliphatic carboxylic acids is 1. The van der Waals surface area contributed by atoms with E-state index in [0.717, 1.165) is 11.3 Å². The van der Waals surface area contributed by atoms with Gasteiger partial charge in [0.1, 0.15) is 0 Å². The summed E-state index contributed by atoms with van der Waals surface area (Å²) in [5.41, 5.74) is 1.88. The third-order valence-corrected chi connectivity index (χ3v) is 3.13. The largest absolute Gasteiger partial charge is 0.480 e. The summed E-state index contributed by atoms with van der Waals surface area (Å²) in [6, 6.07) is 7.65. The molecule has 1 N–H and O–H groups in total. The maximum atomic E-state index is 12.5. The van der Waals surface area contributed by atoms with Crippen molar-refractivity contribution in [3.63, 3.8) is 0 Å². The monoisotopic (exact) mass is 290 g/mol. The van der Waals surface area contributed by atoms with Gasteiger partial charge in [-0.15, -0.1) is 6.58 Å². The fraction of sp³-hybridized carbons (Fsp3) is 0.375. The molecule has 1 aromatic rings. The Morgan fingerprint density at radius 3 is 2.48 bits per heavy atom. The van der Waals surface area contributed by atoms with Crippen LogP contribution in [0.3, 0.4) is 0 Å². The second-order valence-corrected chi connectivity index (χ2v) is 4.78. The zero-order valence-corrected chi connectivity index (χ0v) is 12.6. The lowest BCUT2D eigenvalue weighted by atomic mass is 10.2. The Balaban J connectivity index is 2.85. The van der Waals surface area contributed by atoms with Crippen molar-refractivity contribution in [1.82, 2.24) is 4.90 Å². The second-order valence-electron chi connectivity index (χ2n) is 4.78. The van der Waals surface area contributed by atoms with Crippen molar-refractivity contribution in [3.8, 4) is 0 Å². The van der Waals surface area contributed by atoms with Crippen LogP contribution < -0.4 is 4.90 Å². The van der Waals surface area contributed by atoms with E-state index in [4.69, 9.17) is 5.11 Å². The molecule has 1 amide bonds. The van der Waals surface area contributed by atoms with Crippen LogP contribution in [0.15, 0.2) is 36.9 Å². The summed E-state index contributed by atoms with van der Waals surface area (Å²) < 4.78 is 0. The summed E-state index contributed by atoms with van der Waals surface area (Å²) in [4.78, 5) is 26.5. The van der Waals surface area contributed by atoms with Gasteiger partial charge in [0.05, 0.1) is 13.1 Å². The smallest absolute Gasteiger partial charge is 0.317 e. The molecule has 1 rings (SSSR count). The Morgan fingerprint density at radius 2 is 1.95 bits per heavy atom. The molecule has 0 aliphatic heterocycles. The van der Waals surface area contributed by atoms with Crippen molar-refractivity contribution in [2.24, 2.45) is 0 Å². The molecular formula is C16H22N2O3. The standard InChI is InChI=1S/C16H22N2O3/c1-4-10-17(12-16(20)21)11-15(19)18(5-2)14-9-7-6-8-13(14)3/h4,6-9H,1,5,10-12H2,2-3H3,(H,20,21). The van der Waals surface area contributed by atoms with Gasteiger partial charge in [-0.05, 0) is 25.5 Å². The number of nitrogens with zero attached hydrogens (tertiary/aromatic N) is 2. The van der Waals surface area contributed by atoms with E-state index in [-0.39, 0.29) is 19.0 Å². The van der Waals surface area contributed by atoms with Gasteiger partial charge in [-0.2, -0.15) is 0 Å². The van der Waals surface area contributed by atoms with Gasteiger partial charge in [0.2, 0.25) is 5.91 Å². The van der Waals surface area contributed by atoms with Gasteiger partial charge in [-0.1, -0.05) is 24.3 Å². The normalized spacial score (nSPS) is 10.4. The number of hydrogen-bond acceptors (Lipinski definition) is 3.